The van der Waals surface area contributed by atoms with Crippen LogP contribution in [0.5, 0.6) is 0 Å². The minimum atomic E-state index is 0.184. The molecule has 154 valence electrons. The minimum absolute atomic E-state index is 0.184. The number of carbonyl (C=O) groups excluding carboxylic acids is 1. The predicted molar refractivity (Wildman–Crippen MR) is 109 cm³/mol. The van der Waals surface area contributed by atoms with E-state index in [9.17, 15) is 4.79 Å². The van der Waals surface area contributed by atoms with Gasteiger partial charge in [0.2, 0.25) is 5.91 Å². The molecule has 4 heterocycles. The number of carbonyl (C=O) groups is 1. The molecule has 1 atom stereocenters. The molecule has 3 fully saturated rings. The van der Waals surface area contributed by atoms with Crippen molar-refractivity contribution >= 4 is 5.91 Å². The van der Waals surface area contributed by atoms with Crippen LogP contribution in [-0.4, -0.2) is 72.2 Å². The molecule has 0 aliphatic carbocycles. The Balaban J connectivity index is 1.15. The molecule has 1 aromatic heterocycles. The fourth-order valence-corrected chi connectivity index (χ4v) is 4.88. The van der Waals surface area contributed by atoms with E-state index in [2.05, 4.69) is 26.2 Å². The van der Waals surface area contributed by atoms with Crippen LogP contribution in [0.1, 0.15) is 44.1 Å². The van der Waals surface area contributed by atoms with Crippen LogP contribution < -0.4 is 5.32 Å². The van der Waals surface area contributed by atoms with Crippen LogP contribution in [-0.2, 0) is 16.1 Å². The molecular formula is C22H34N4O2. The third kappa shape index (κ3) is 5.31. The van der Waals surface area contributed by atoms with Gasteiger partial charge in [0.25, 0.3) is 0 Å². The second-order valence-electron chi connectivity index (χ2n) is 8.56. The first-order valence-electron chi connectivity index (χ1n) is 11.0. The molecule has 1 amide bonds. The maximum absolute atomic E-state index is 12.5. The number of likely N-dealkylation sites (tertiary alicyclic amines) is 2. The van der Waals surface area contributed by atoms with Crippen molar-refractivity contribution < 1.29 is 9.53 Å². The molecule has 0 unspecified atom stereocenters. The van der Waals surface area contributed by atoms with Gasteiger partial charge in [-0.1, -0.05) is 6.07 Å². The lowest BCUT2D eigenvalue weighted by Gasteiger charge is -2.41. The van der Waals surface area contributed by atoms with E-state index in [4.69, 9.17) is 4.74 Å². The number of aromatic nitrogens is 1. The van der Waals surface area contributed by atoms with Crippen molar-refractivity contribution in [1.82, 2.24) is 20.1 Å². The zero-order valence-corrected chi connectivity index (χ0v) is 16.9. The zero-order valence-electron chi connectivity index (χ0n) is 16.9. The van der Waals surface area contributed by atoms with Gasteiger partial charge < -0.3 is 15.0 Å². The summed E-state index contributed by atoms with van der Waals surface area (Å²) in [4.78, 5) is 21.8. The van der Waals surface area contributed by atoms with Crippen LogP contribution in [0.3, 0.4) is 0 Å². The SMILES string of the molecule is O=C(NC[C@@H]1CCCO1)C1CCN(C2CCN(Cc3cccnc3)CC2)CC1. The van der Waals surface area contributed by atoms with Gasteiger partial charge in [-0.15, -0.1) is 0 Å². The Morgan fingerprint density at radius 2 is 1.96 bits per heavy atom. The van der Waals surface area contributed by atoms with Crippen molar-refractivity contribution in [3.63, 3.8) is 0 Å². The molecule has 0 bridgehead atoms. The van der Waals surface area contributed by atoms with Crippen LogP contribution in [0.15, 0.2) is 24.5 Å². The summed E-state index contributed by atoms with van der Waals surface area (Å²) < 4.78 is 5.60. The van der Waals surface area contributed by atoms with Crippen LogP contribution in [0.4, 0.5) is 0 Å². The molecule has 1 aromatic rings. The molecule has 0 aromatic carbocycles. The maximum atomic E-state index is 12.5. The Morgan fingerprint density at radius 3 is 2.64 bits per heavy atom. The van der Waals surface area contributed by atoms with Crippen LogP contribution >= 0.6 is 0 Å². The highest BCUT2D eigenvalue weighted by Gasteiger charge is 2.31. The Bertz CT molecular complexity index is 604. The molecule has 3 aliphatic rings. The van der Waals surface area contributed by atoms with Gasteiger partial charge >= 0.3 is 0 Å². The molecule has 28 heavy (non-hydrogen) atoms. The molecule has 3 aliphatic heterocycles. The predicted octanol–water partition coefficient (Wildman–Crippen LogP) is 2.05. The van der Waals surface area contributed by atoms with Crippen molar-refractivity contribution in [3.05, 3.63) is 30.1 Å². The summed E-state index contributed by atoms with van der Waals surface area (Å²) in [6.45, 7) is 6.97. The van der Waals surface area contributed by atoms with E-state index < -0.39 is 0 Å². The quantitative estimate of drug-likeness (QED) is 0.811. The Morgan fingerprint density at radius 1 is 1.14 bits per heavy atom. The number of rotatable bonds is 6. The Kier molecular flexibility index (Phi) is 6.94. The molecule has 6 nitrogen and oxygen atoms in total. The topological polar surface area (TPSA) is 57.7 Å². The summed E-state index contributed by atoms with van der Waals surface area (Å²) in [6, 6.07) is 4.86. The van der Waals surface area contributed by atoms with Gasteiger partial charge in [0.1, 0.15) is 0 Å². The number of ether oxygens (including phenoxy) is 1. The van der Waals surface area contributed by atoms with E-state index in [1.807, 2.05) is 18.5 Å². The number of piperidine rings is 2. The number of pyridine rings is 1. The maximum Gasteiger partial charge on any atom is 0.223 e. The fourth-order valence-electron chi connectivity index (χ4n) is 4.88. The summed E-state index contributed by atoms with van der Waals surface area (Å²) in [5, 5.41) is 3.12. The normalized spacial score (nSPS) is 25.8. The molecule has 1 N–H and O–H groups in total. The van der Waals surface area contributed by atoms with Crippen molar-refractivity contribution in [2.24, 2.45) is 5.92 Å². The smallest absolute Gasteiger partial charge is 0.223 e. The van der Waals surface area contributed by atoms with Crippen LogP contribution in [0.25, 0.3) is 0 Å². The summed E-state index contributed by atoms with van der Waals surface area (Å²) >= 11 is 0. The summed E-state index contributed by atoms with van der Waals surface area (Å²) in [6.07, 6.45) is 10.7. The second kappa shape index (κ2) is 9.81. The molecule has 0 spiro atoms. The number of hydrogen-bond donors (Lipinski definition) is 1. The van der Waals surface area contributed by atoms with Crippen molar-refractivity contribution in [3.8, 4) is 0 Å². The van der Waals surface area contributed by atoms with Gasteiger partial charge in [-0.05, 0) is 76.3 Å². The number of hydrogen-bond acceptors (Lipinski definition) is 5. The standard InChI is InChI=1S/C22H34N4O2/c27-22(24-16-21-4-2-14-28-21)19-5-12-26(13-6-19)20-7-10-25(11-8-20)17-18-3-1-9-23-15-18/h1,3,9,15,19-21H,2,4-8,10-14,16-17H2,(H,24,27)/t21-/m0/s1. The lowest BCUT2D eigenvalue weighted by Crippen LogP contribution is -2.49. The Hall–Kier alpha value is -1.50. The highest BCUT2D eigenvalue weighted by Crippen LogP contribution is 2.25. The van der Waals surface area contributed by atoms with Gasteiger partial charge in [-0.25, -0.2) is 0 Å². The summed E-state index contributed by atoms with van der Waals surface area (Å²) in [5.41, 5.74) is 1.30. The van der Waals surface area contributed by atoms with E-state index in [0.717, 1.165) is 65.0 Å². The van der Waals surface area contributed by atoms with Crippen molar-refractivity contribution in [2.75, 3.05) is 39.3 Å². The number of nitrogens with one attached hydrogen (secondary N) is 1. The van der Waals surface area contributed by atoms with E-state index in [0.29, 0.717) is 12.6 Å². The lowest BCUT2D eigenvalue weighted by molar-refractivity contribution is -0.127. The summed E-state index contributed by atoms with van der Waals surface area (Å²) in [5.74, 6) is 0.421. The minimum Gasteiger partial charge on any atom is -0.376 e. The van der Waals surface area contributed by atoms with Gasteiger partial charge in [0.05, 0.1) is 6.10 Å². The van der Waals surface area contributed by atoms with Gasteiger partial charge in [-0.2, -0.15) is 0 Å². The number of amides is 1. The average Bonchev–Trinajstić information content (AvgIpc) is 3.27. The van der Waals surface area contributed by atoms with Crippen LogP contribution in [0, 0.1) is 5.92 Å². The highest BCUT2D eigenvalue weighted by molar-refractivity contribution is 5.78. The van der Waals surface area contributed by atoms with Crippen molar-refractivity contribution in [1.29, 1.82) is 0 Å². The van der Waals surface area contributed by atoms with Gasteiger partial charge in [-0.3, -0.25) is 14.7 Å². The molecule has 6 heteroatoms. The first kappa shape index (κ1) is 19.8. The van der Waals surface area contributed by atoms with Crippen molar-refractivity contribution in [2.45, 2.75) is 57.2 Å². The Labute approximate surface area is 168 Å². The molecule has 0 saturated carbocycles. The third-order valence-electron chi connectivity index (χ3n) is 6.63. The molecular weight excluding hydrogens is 352 g/mol. The second-order valence-corrected chi connectivity index (χ2v) is 8.56. The van der Waals surface area contributed by atoms with Gasteiger partial charge in [0.15, 0.2) is 0 Å². The first-order valence-corrected chi connectivity index (χ1v) is 11.0. The first-order chi connectivity index (χ1) is 13.8. The average molecular weight is 387 g/mol. The van der Waals surface area contributed by atoms with E-state index >= 15 is 0 Å². The third-order valence-corrected chi connectivity index (χ3v) is 6.63. The largest absolute Gasteiger partial charge is 0.376 e. The zero-order chi connectivity index (χ0) is 19.2. The fraction of sp³-hybridized carbons (Fsp3) is 0.727. The summed E-state index contributed by atoms with van der Waals surface area (Å²) in [7, 11) is 0. The number of nitrogens with zero attached hydrogens (tertiary/aromatic N) is 3. The lowest BCUT2D eigenvalue weighted by atomic mass is 9.92. The highest BCUT2D eigenvalue weighted by atomic mass is 16.5. The van der Waals surface area contributed by atoms with E-state index in [1.165, 1.54) is 18.4 Å². The van der Waals surface area contributed by atoms with E-state index in [-0.39, 0.29) is 17.9 Å². The molecule has 0 radical (unpaired) electrons. The van der Waals surface area contributed by atoms with E-state index in [1.54, 1.807) is 0 Å². The monoisotopic (exact) mass is 386 g/mol. The molecule has 3 saturated heterocycles. The molecule has 4 rings (SSSR count). The van der Waals surface area contributed by atoms with Gasteiger partial charge in [0, 0.05) is 44.0 Å². The van der Waals surface area contributed by atoms with Crippen LogP contribution in [0.2, 0.25) is 0 Å².